The lowest BCUT2D eigenvalue weighted by molar-refractivity contribution is -0.0871. The predicted octanol–water partition coefficient (Wildman–Crippen LogP) is 2.19. The fraction of sp³-hybridized carbons (Fsp3) is 0.250. The van der Waals surface area contributed by atoms with E-state index in [0.717, 1.165) is 6.07 Å². The zero-order valence-electron chi connectivity index (χ0n) is 4.04. The topological polar surface area (TPSA) is 23.8 Å². The Labute approximate surface area is 54.3 Å². The van der Waals surface area contributed by atoms with Crippen LogP contribution < -0.4 is 0 Å². The number of halogens is 4. The van der Waals surface area contributed by atoms with E-state index in [0.29, 0.717) is 0 Å². The molecule has 0 aromatic rings. The van der Waals surface area contributed by atoms with Crippen molar-refractivity contribution in [3.63, 3.8) is 0 Å². The molecule has 0 saturated heterocycles. The molecule has 0 amide bonds. The van der Waals surface area contributed by atoms with E-state index < -0.39 is 11.7 Å². The van der Waals surface area contributed by atoms with Crippen molar-refractivity contribution in [2.75, 3.05) is 0 Å². The number of rotatable bonds is 0. The molecule has 0 radical (unpaired) electrons. The summed E-state index contributed by atoms with van der Waals surface area (Å²) in [5.41, 5.74) is -1.18. The summed E-state index contributed by atoms with van der Waals surface area (Å²) in [6.07, 6.45) is -4.61. The van der Waals surface area contributed by atoms with Crippen molar-refractivity contribution in [3.05, 3.63) is 11.1 Å². The lowest BCUT2D eigenvalue weighted by Gasteiger charge is -1.99. The quantitative estimate of drug-likeness (QED) is 0.492. The number of hydrogen-bond acceptors (Lipinski definition) is 1. The molecule has 0 aliphatic carbocycles. The van der Waals surface area contributed by atoms with Crippen LogP contribution in [0.1, 0.15) is 0 Å². The van der Waals surface area contributed by atoms with Gasteiger partial charge >= 0.3 is 6.18 Å². The third-order valence-electron chi connectivity index (χ3n) is 0.535. The molecule has 0 bridgehead atoms. The number of alkyl halides is 3. The summed E-state index contributed by atoms with van der Waals surface area (Å²) in [6.45, 7) is 0. The SMILES string of the molecule is N#CC(=CCl)C(F)(F)F. The highest BCUT2D eigenvalue weighted by atomic mass is 35.5. The lowest BCUT2D eigenvalue weighted by atomic mass is 10.3. The van der Waals surface area contributed by atoms with Crippen LogP contribution in [0.5, 0.6) is 0 Å². The number of nitriles is 1. The van der Waals surface area contributed by atoms with Crippen molar-refractivity contribution in [1.29, 1.82) is 5.26 Å². The van der Waals surface area contributed by atoms with Gasteiger partial charge in [0.2, 0.25) is 0 Å². The van der Waals surface area contributed by atoms with Gasteiger partial charge in [0, 0.05) is 5.54 Å². The molecule has 9 heavy (non-hydrogen) atoms. The van der Waals surface area contributed by atoms with Crippen LogP contribution in [0, 0.1) is 11.3 Å². The first-order valence-corrected chi connectivity index (χ1v) is 2.23. The summed E-state index contributed by atoms with van der Waals surface area (Å²) in [5, 5.41) is 7.74. The van der Waals surface area contributed by atoms with Crippen LogP contribution in [-0.2, 0) is 0 Å². The Hall–Kier alpha value is -0.690. The molecule has 0 fully saturated rings. The van der Waals surface area contributed by atoms with Crippen molar-refractivity contribution in [1.82, 2.24) is 0 Å². The second-order valence-electron chi connectivity index (χ2n) is 1.13. The van der Waals surface area contributed by atoms with Gasteiger partial charge in [-0.3, -0.25) is 0 Å². The normalized spacial score (nSPS) is 13.0. The first kappa shape index (κ1) is 8.31. The molecule has 0 N–H and O–H groups in total. The van der Waals surface area contributed by atoms with Gasteiger partial charge in [0.1, 0.15) is 11.6 Å². The van der Waals surface area contributed by atoms with Gasteiger partial charge in [-0.15, -0.1) is 0 Å². The van der Waals surface area contributed by atoms with E-state index in [-0.39, 0.29) is 5.54 Å². The summed E-state index contributed by atoms with van der Waals surface area (Å²) >= 11 is 4.65. The minimum absolute atomic E-state index is 0.208. The van der Waals surface area contributed by atoms with Crippen molar-refractivity contribution in [3.8, 4) is 6.07 Å². The van der Waals surface area contributed by atoms with Crippen molar-refractivity contribution < 1.29 is 13.2 Å². The van der Waals surface area contributed by atoms with Crippen LogP contribution in [0.15, 0.2) is 11.1 Å². The first-order chi connectivity index (χ1) is 4.02. The Kier molecular flexibility index (Phi) is 2.53. The molecule has 0 spiro atoms. The minimum Gasteiger partial charge on any atom is -0.192 e. The second kappa shape index (κ2) is 2.74. The van der Waals surface area contributed by atoms with Crippen LogP contribution in [0.2, 0.25) is 0 Å². The largest absolute Gasteiger partial charge is 0.427 e. The Morgan fingerprint density at radius 1 is 1.56 bits per heavy atom. The Morgan fingerprint density at radius 3 is 2.00 bits per heavy atom. The van der Waals surface area contributed by atoms with Gasteiger partial charge in [-0.05, 0) is 0 Å². The zero-order chi connectivity index (χ0) is 7.49. The molecule has 0 aromatic carbocycles. The van der Waals surface area contributed by atoms with Gasteiger partial charge in [-0.1, -0.05) is 11.6 Å². The van der Waals surface area contributed by atoms with E-state index in [1.54, 1.807) is 0 Å². The van der Waals surface area contributed by atoms with E-state index in [9.17, 15) is 13.2 Å². The molecule has 0 rings (SSSR count). The van der Waals surface area contributed by atoms with Crippen molar-refractivity contribution in [2.45, 2.75) is 6.18 Å². The van der Waals surface area contributed by atoms with Crippen LogP contribution >= 0.6 is 11.6 Å². The smallest absolute Gasteiger partial charge is 0.192 e. The maximum Gasteiger partial charge on any atom is 0.427 e. The van der Waals surface area contributed by atoms with Gasteiger partial charge < -0.3 is 0 Å². The van der Waals surface area contributed by atoms with Crippen molar-refractivity contribution in [2.24, 2.45) is 0 Å². The molecule has 0 aliphatic heterocycles. The third kappa shape index (κ3) is 2.38. The predicted molar refractivity (Wildman–Crippen MR) is 25.6 cm³/mol. The molecule has 50 valence electrons. The third-order valence-corrected chi connectivity index (χ3v) is 0.753. The summed E-state index contributed by atoms with van der Waals surface area (Å²) in [7, 11) is 0. The van der Waals surface area contributed by atoms with Gasteiger partial charge in [0.25, 0.3) is 0 Å². The second-order valence-corrected chi connectivity index (χ2v) is 1.35. The molecule has 0 atom stereocenters. The van der Waals surface area contributed by atoms with Gasteiger partial charge in [0.15, 0.2) is 0 Å². The summed E-state index contributed by atoms with van der Waals surface area (Å²) < 4.78 is 34.0. The Morgan fingerprint density at radius 2 is 2.00 bits per heavy atom. The van der Waals surface area contributed by atoms with Crippen LogP contribution in [0.25, 0.3) is 0 Å². The summed E-state index contributed by atoms with van der Waals surface area (Å²) in [6, 6.07) is 0.896. The highest BCUT2D eigenvalue weighted by Gasteiger charge is 2.33. The molecule has 0 aliphatic rings. The zero-order valence-corrected chi connectivity index (χ0v) is 4.79. The highest BCUT2D eigenvalue weighted by molar-refractivity contribution is 6.26. The molecular formula is C4HClF3N. The molecule has 1 nitrogen and oxygen atoms in total. The first-order valence-electron chi connectivity index (χ1n) is 1.80. The van der Waals surface area contributed by atoms with Crippen LogP contribution in [0.4, 0.5) is 13.2 Å². The van der Waals surface area contributed by atoms with Crippen molar-refractivity contribution >= 4 is 11.6 Å². The molecule has 0 aromatic heterocycles. The van der Waals surface area contributed by atoms with E-state index in [1.807, 2.05) is 0 Å². The molecule has 0 saturated carbocycles. The number of nitrogens with zero attached hydrogens (tertiary/aromatic N) is 1. The van der Waals surface area contributed by atoms with E-state index in [2.05, 4.69) is 11.6 Å². The average Bonchev–Trinajstić information content (AvgIpc) is 1.65. The number of allylic oxidation sites excluding steroid dienone is 1. The molecular weight excluding hydrogens is 154 g/mol. The fourth-order valence-corrected chi connectivity index (χ4v) is 0.322. The monoisotopic (exact) mass is 155 g/mol. The van der Waals surface area contributed by atoms with Gasteiger partial charge in [-0.25, -0.2) is 0 Å². The fourth-order valence-electron chi connectivity index (χ4n) is 0.150. The van der Waals surface area contributed by atoms with E-state index in [4.69, 9.17) is 5.26 Å². The van der Waals surface area contributed by atoms with E-state index in [1.165, 1.54) is 0 Å². The number of hydrogen-bond donors (Lipinski definition) is 0. The van der Waals surface area contributed by atoms with Crippen LogP contribution in [0.3, 0.4) is 0 Å². The van der Waals surface area contributed by atoms with Gasteiger partial charge in [0.05, 0.1) is 0 Å². The minimum atomic E-state index is -4.61. The lowest BCUT2D eigenvalue weighted by Crippen LogP contribution is -2.09. The highest BCUT2D eigenvalue weighted by Crippen LogP contribution is 2.24. The van der Waals surface area contributed by atoms with Gasteiger partial charge in [-0.2, -0.15) is 18.4 Å². The maximum atomic E-state index is 11.3. The molecule has 0 heterocycles. The molecule has 0 unspecified atom stereocenters. The van der Waals surface area contributed by atoms with E-state index >= 15 is 0 Å². The maximum absolute atomic E-state index is 11.3. The Balaban J connectivity index is 4.39. The molecule has 5 heteroatoms. The Bertz CT molecular complexity index is 164. The van der Waals surface area contributed by atoms with Crippen LogP contribution in [-0.4, -0.2) is 6.18 Å². The summed E-state index contributed by atoms with van der Waals surface area (Å²) in [5.74, 6) is 0. The average molecular weight is 156 g/mol. The summed E-state index contributed by atoms with van der Waals surface area (Å²) in [4.78, 5) is 0. The standard InChI is InChI=1S/C4HClF3N/c5-1-3(2-9)4(6,7)8/h1H.